The Morgan fingerprint density at radius 2 is 2.32 bits per heavy atom. The van der Waals surface area contributed by atoms with Gasteiger partial charge >= 0.3 is 0 Å². The summed E-state index contributed by atoms with van der Waals surface area (Å²) in [7, 11) is 0. The molecule has 0 radical (unpaired) electrons. The van der Waals surface area contributed by atoms with Crippen molar-refractivity contribution in [2.45, 2.75) is 6.92 Å². The fraction of sp³-hybridized carbons (Fsp3) is 0.154. The topological polar surface area (TPSA) is 81.4 Å². The first-order valence-electron chi connectivity index (χ1n) is 5.58. The number of hydrogen-bond donors (Lipinski definition) is 1. The number of carbonyl (C=O) groups is 1. The fourth-order valence-electron chi connectivity index (χ4n) is 1.44. The van der Waals surface area contributed by atoms with Gasteiger partial charge in [0.25, 0.3) is 5.91 Å². The van der Waals surface area contributed by atoms with Crippen LogP contribution >= 0.6 is 0 Å². The maximum absolute atomic E-state index is 11.6. The predicted octanol–water partition coefficient (Wildman–Crippen LogP) is 1.36. The van der Waals surface area contributed by atoms with E-state index in [0.29, 0.717) is 11.4 Å². The van der Waals surface area contributed by atoms with Gasteiger partial charge in [-0.05, 0) is 19.1 Å². The van der Waals surface area contributed by atoms with Gasteiger partial charge in [-0.3, -0.25) is 14.6 Å². The molecule has 98 valence electrons. The van der Waals surface area contributed by atoms with Crippen molar-refractivity contribution in [1.29, 1.82) is 0 Å². The van der Waals surface area contributed by atoms with E-state index >= 15 is 0 Å². The summed E-state index contributed by atoms with van der Waals surface area (Å²) in [5, 5.41) is 2.59. The van der Waals surface area contributed by atoms with Crippen LogP contribution in [0.4, 0.5) is 5.69 Å². The lowest BCUT2D eigenvalue weighted by molar-refractivity contribution is -0.118. The molecule has 0 unspecified atom stereocenters. The third-order valence-electron chi connectivity index (χ3n) is 2.30. The number of nitrogens with zero attached hydrogens (tertiary/aromatic N) is 1. The minimum atomic E-state index is -0.379. The molecule has 0 fully saturated rings. The van der Waals surface area contributed by atoms with Crippen LogP contribution in [0.15, 0.2) is 46.1 Å². The average Bonchev–Trinajstić information content (AvgIpc) is 2.39. The van der Waals surface area contributed by atoms with Crippen LogP contribution in [0.2, 0.25) is 0 Å². The molecular formula is C13H12N2O4. The van der Waals surface area contributed by atoms with Crippen molar-refractivity contribution in [1.82, 2.24) is 4.98 Å². The number of hydrogen-bond acceptors (Lipinski definition) is 5. The maximum Gasteiger partial charge on any atom is 0.262 e. The molecule has 1 amide bonds. The fourth-order valence-corrected chi connectivity index (χ4v) is 1.44. The highest BCUT2D eigenvalue weighted by molar-refractivity contribution is 5.91. The van der Waals surface area contributed by atoms with Gasteiger partial charge in [-0.1, -0.05) is 0 Å². The molecule has 6 nitrogen and oxygen atoms in total. The maximum atomic E-state index is 11.6. The molecule has 0 aliphatic heterocycles. The highest BCUT2D eigenvalue weighted by Gasteiger charge is 2.09. The van der Waals surface area contributed by atoms with Crippen molar-refractivity contribution < 1.29 is 13.9 Å². The van der Waals surface area contributed by atoms with E-state index in [1.807, 2.05) is 0 Å². The summed E-state index contributed by atoms with van der Waals surface area (Å²) in [4.78, 5) is 27.0. The molecule has 0 aliphatic carbocycles. The molecule has 0 aromatic carbocycles. The quantitative estimate of drug-likeness (QED) is 0.897. The van der Waals surface area contributed by atoms with Crippen LogP contribution in [-0.2, 0) is 4.79 Å². The van der Waals surface area contributed by atoms with Gasteiger partial charge in [0, 0.05) is 12.3 Å². The van der Waals surface area contributed by atoms with Crippen LogP contribution < -0.4 is 15.5 Å². The van der Waals surface area contributed by atoms with Crippen LogP contribution in [0.1, 0.15) is 5.76 Å². The Hall–Kier alpha value is -2.63. The molecule has 1 N–H and O–H groups in total. The standard InChI is InChI=1S/C13H12N2O4/c1-9-13(11(16)4-6-18-9)19-8-12(17)15-10-3-2-5-14-7-10/h2-7H,8H2,1H3,(H,15,17). The molecule has 0 saturated carbocycles. The lowest BCUT2D eigenvalue weighted by Crippen LogP contribution is -2.22. The number of anilines is 1. The number of pyridine rings is 1. The zero-order chi connectivity index (χ0) is 13.7. The van der Waals surface area contributed by atoms with E-state index in [1.54, 1.807) is 25.3 Å². The molecule has 2 aromatic rings. The summed E-state index contributed by atoms with van der Waals surface area (Å²) < 4.78 is 10.2. The van der Waals surface area contributed by atoms with Crippen LogP contribution in [-0.4, -0.2) is 17.5 Å². The minimum Gasteiger partial charge on any atom is -0.476 e. The summed E-state index contributed by atoms with van der Waals surface area (Å²) in [5.41, 5.74) is 0.242. The van der Waals surface area contributed by atoms with E-state index in [0.717, 1.165) is 0 Å². The highest BCUT2D eigenvalue weighted by atomic mass is 16.5. The van der Waals surface area contributed by atoms with Gasteiger partial charge in [-0.25, -0.2) is 0 Å². The number of aryl methyl sites for hydroxylation is 1. The van der Waals surface area contributed by atoms with Gasteiger partial charge in [-0.2, -0.15) is 0 Å². The van der Waals surface area contributed by atoms with Gasteiger partial charge in [0.05, 0.1) is 18.1 Å². The first-order valence-corrected chi connectivity index (χ1v) is 5.58. The zero-order valence-electron chi connectivity index (χ0n) is 10.3. The monoisotopic (exact) mass is 260 g/mol. The number of carbonyl (C=O) groups excluding carboxylic acids is 1. The SMILES string of the molecule is Cc1occc(=O)c1OCC(=O)Nc1cccnc1. The van der Waals surface area contributed by atoms with Crippen molar-refractivity contribution in [3.63, 3.8) is 0 Å². The van der Waals surface area contributed by atoms with E-state index in [2.05, 4.69) is 10.3 Å². The van der Waals surface area contributed by atoms with Crippen molar-refractivity contribution in [3.8, 4) is 5.75 Å². The number of rotatable bonds is 4. The van der Waals surface area contributed by atoms with E-state index in [4.69, 9.17) is 9.15 Å². The number of aromatic nitrogens is 1. The summed E-state index contributed by atoms with van der Waals surface area (Å²) in [6.45, 7) is 1.32. The second kappa shape index (κ2) is 5.81. The summed E-state index contributed by atoms with van der Waals surface area (Å²) >= 11 is 0. The van der Waals surface area contributed by atoms with E-state index in [9.17, 15) is 9.59 Å². The Kier molecular flexibility index (Phi) is 3.92. The van der Waals surface area contributed by atoms with Crippen molar-refractivity contribution in [3.05, 3.63) is 52.8 Å². The Balaban J connectivity index is 1.96. The summed E-state index contributed by atoms with van der Waals surface area (Å²) in [6, 6.07) is 4.64. The molecular weight excluding hydrogens is 248 g/mol. The van der Waals surface area contributed by atoms with Gasteiger partial charge in [0.1, 0.15) is 5.76 Å². The molecule has 0 saturated heterocycles. The van der Waals surface area contributed by atoms with Crippen molar-refractivity contribution >= 4 is 11.6 Å². The first-order chi connectivity index (χ1) is 9.16. The minimum absolute atomic E-state index is 0.0452. The molecule has 19 heavy (non-hydrogen) atoms. The Morgan fingerprint density at radius 3 is 3.00 bits per heavy atom. The summed E-state index contributed by atoms with van der Waals surface area (Å²) in [5.74, 6) is 0.00108. The third kappa shape index (κ3) is 3.41. The Labute approximate surface area is 109 Å². The number of amides is 1. The smallest absolute Gasteiger partial charge is 0.262 e. The number of ether oxygens (including phenoxy) is 1. The van der Waals surface area contributed by atoms with Gasteiger partial charge in [-0.15, -0.1) is 0 Å². The molecule has 0 atom stereocenters. The zero-order valence-corrected chi connectivity index (χ0v) is 10.3. The second-order valence-electron chi connectivity index (χ2n) is 3.75. The molecule has 2 heterocycles. The molecule has 0 spiro atoms. The van der Waals surface area contributed by atoms with Crippen molar-refractivity contribution in [2.24, 2.45) is 0 Å². The van der Waals surface area contributed by atoms with Crippen LogP contribution in [0.25, 0.3) is 0 Å². The lowest BCUT2D eigenvalue weighted by Gasteiger charge is -2.07. The van der Waals surface area contributed by atoms with Gasteiger partial charge < -0.3 is 14.5 Å². The molecule has 0 bridgehead atoms. The van der Waals surface area contributed by atoms with Crippen LogP contribution in [0.5, 0.6) is 5.75 Å². The largest absolute Gasteiger partial charge is 0.476 e. The lowest BCUT2D eigenvalue weighted by atomic mass is 10.4. The van der Waals surface area contributed by atoms with E-state index < -0.39 is 0 Å². The van der Waals surface area contributed by atoms with Gasteiger partial charge in [0.15, 0.2) is 6.61 Å². The van der Waals surface area contributed by atoms with E-state index in [-0.39, 0.29) is 23.7 Å². The molecule has 6 heteroatoms. The average molecular weight is 260 g/mol. The van der Waals surface area contributed by atoms with E-state index in [1.165, 1.54) is 18.5 Å². The van der Waals surface area contributed by atoms with Crippen LogP contribution in [0, 0.1) is 6.92 Å². The Bertz CT molecular complexity index is 622. The molecule has 2 rings (SSSR count). The molecule has 2 aromatic heterocycles. The highest BCUT2D eigenvalue weighted by Crippen LogP contribution is 2.10. The second-order valence-corrected chi connectivity index (χ2v) is 3.75. The van der Waals surface area contributed by atoms with Gasteiger partial charge in [0.2, 0.25) is 11.2 Å². The number of nitrogens with one attached hydrogen (secondary N) is 1. The van der Waals surface area contributed by atoms with Crippen LogP contribution in [0.3, 0.4) is 0 Å². The normalized spacial score (nSPS) is 9.95. The third-order valence-corrected chi connectivity index (χ3v) is 2.30. The molecule has 0 aliphatic rings. The first kappa shape index (κ1) is 12.8. The van der Waals surface area contributed by atoms with Crippen molar-refractivity contribution in [2.75, 3.05) is 11.9 Å². The summed E-state index contributed by atoms with van der Waals surface area (Å²) in [6.07, 6.45) is 4.39. The Morgan fingerprint density at radius 1 is 1.47 bits per heavy atom. The predicted molar refractivity (Wildman–Crippen MR) is 68.1 cm³/mol.